The fourth-order valence-electron chi connectivity index (χ4n) is 4.67. The highest BCUT2D eigenvalue weighted by molar-refractivity contribution is 7.21. The summed E-state index contributed by atoms with van der Waals surface area (Å²) in [6, 6.07) is 10.4. The summed E-state index contributed by atoms with van der Waals surface area (Å²) in [5, 5.41) is 15.2. The number of rotatable bonds is 7. The Morgan fingerprint density at radius 1 is 1.05 bits per heavy atom. The second kappa shape index (κ2) is 10.2. The summed E-state index contributed by atoms with van der Waals surface area (Å²) >= 11 is 2.78. The van der Waals surface area contributed by atoms with Gasteiger partial charge in [0.2, 0.25) is 0 Å². The summed E-state index contributed by atoms with van der Waals surface area (Å²) in [4.78, 5) is 30.6. The van der Waals surface area contributed by atoms with Crippen LogP contribution in [-0.4, -0.2) is 55.7 Å². The first-order chi connectivity index (χ1) is 18.4. The van der Waals surface area contributed by atoms with Crippen LogP contribution in [0.5, 0.6) is 0 Å². The molecule has 0 radical (unpaired) electrons. The molecule has 38 heavy (non-hydrogen) atoms. The van der Waals surface area contributed by atoms with Crippen LogP contribution in [0, 0.1) is 6.92 Å². The molecule has 1 aromatic carbocycles. The fourth-order valence-corrected chi connectivity index (χ4v) is 6.69. The van der Waals surface area contributed by atoms with Crippen molar-refractivity contribution in [2.75, 3.05) is 25.0 Å². The van der Waals surface area contributed by atoms with Crippen LogP contribution >= 0.6 is 22.7 Å². The van der Waals surface area contributed by atoms with Gasteiger partial charge in [0.1, 0.15) is 4.83 Å². The molecule has 0 atom stereocenters. The second-order valence-corrected chi connectivity index (χ2v) is 11.5. The summed E-state index contributed by atoms with van der Waals surface area (Å²) < 4.78 is 3.45. The molecule has 1 aliphatic rings. The lowest BCUT2D eigenvalue weighted by Gasteiger charge is -2.28. The van der Waals surface area contributed by atoms with Gasteiger partial charge in [0.25, 0.3) is 11.8 Å². The van der Waals surface area contributed by atoms with Crippen LogP contribution < -0.4 is 10.6 Å². The number of aryl methyl sites for hydroxylation is 2. The van der Waals surface area contributed by atoms with E-state index in [9.17, 15) is 9.59 Å². The molecule has 4 aromatic heterocycles. The van der Waals surface area contributed by atoms with Crippen LogP contribution in [0.15, 0.2) is 55.1 Å². The highest BCUT2D eigenvalue weighted by Crippen LogP contribution is 2.32. The zero-order valence-electron chi connectivity index (χ0n) is 21.1. The van der Waals surface area contributed by atoms with E-state index in [1.54, 1.807) is 21.6 Å². The molecular formula is C27H27N7O2S2. The average Bonchev–Trinajstić information content (AvgIpc) is 3.68. The Morgan fingerprint density at radius 2 is 1.89 bits per heavy atom. The van der Waals surface area contributed by atoms with E-state index in [0.717, 1.165) is 46.9 Å². The van der Waals surface area contributed by atoms with E-state index in [2.05, 4.69) is 50.0 Å². The van der Waals surface area contributed by atoms with E-state index in [0.29, 0.717) is 22.0 Å². The maximum atomic E-state index is 13.1. The lowest BCUT2D eigenvalue weighted by atomic mass is 10.00. The normalized spacial score (nSPS) is 13.5. The smallest absolute Gasteiger partial charge is 0.261 e. The topological polar surface area (TPSA) is 96.6 Å². The Morgan fingerprint density at radius 3 is 2.71 bits per heavy atom. The first kappa shape index (κ1) is 24.5. The van der Waals surface area contributed by atoms with Crippen molar-refractivity contribution in [3.8, 4) is 10.4 Å². The molecule has 5 heterocycles. The number of nitrogens with one attached hydrogen (secondary N) is 2. The highest BCUT2D eigenvalue weighted by atomic mass is 32.1. The standard InChI is InChI=1S/C27H27N7O2S2/c1-17-11-22(25(36)28-8-10-33-9-7-18-5-3-4-6-19(18)15-33)37-26(17)31-24(35)21-13-30-34-16-23(38-27(21)34)20-12-29-32(2)14-20/h3-6,11-14,16H,7-10,15H2,1-2H3,(H,28,36)(H,31,35). The van der Waals surface area contributed by atoms with Gasteiger partial charge in [-0.3, -0.25) is 19.2 Å². The summed E-state index contributed by atoms with van der Waals surface area (Å²) in [5.41, 5.74) is 5.11. The van der Waals surface area contributed by atoms with Gasteiger partial charge in [-0.1, -0.05) is 24.3 Å². The van der Waals surface area contributed by atoms with Gasteiger partial charge in [-0.05, 0) is 36.1 Å². The predicted molar refractivity (Wildman–Crippen MR) is 150 cm³/mol. The molecular weight excluding hydrogens is 518 g/mol. The first-order valence-electron chi connectivity index (χ1n) is 12.4. The van der Waals surface area contributed by atoms with Crippen molar-refractivity contribution in [1.82, 2.24) is 29.6 Å². The van der Waals surface area contributed by atoms with Crippen molar-refractivity contribution in [2.45, 2.75) is 19.9 Å². The number of carbonyl (C=O) groups is 2. The van der Waals surface area contributed by atoms with Gasteiger partial charge in [0.15, 0.2) is 0 Å². The number of aromatic nitrogens is 4. The molecule has 5 aromatic rings. The maximum Gasteiger partial charge on any atom is 0.261 e. The molecule has 2 N–H and O–H groups in total. The quantitative estimate of drug-likeness (QED) is 0.320. The minimum Gasteiger partial charge on any atom is -0.350 e. The summed E-state index contributed by atoms with van der Waals surface area (Å²) in [6.07, 6.45) is 8.23. The Bertz CT molecular complexity index is 1640. The number of nitrogens with zero attached hydrogens (tertiary/aromatic N) is 5. The Kier molecular flexibility index (Phi) is 6.56. The van der Waals surface area contributed by atoms with Gasteiger partial charge in [-0.2, -0.15) is 10.2 Å². The first-order valence-corrected chi connectivity index (χ1v) is 14.0. The Labute approximate surface area is 227 Å². The van der Waals surface area contributed by atoms with Crippen molar-refractivity contribution in [1.29, 1.82) is 0 Å². The zero-order valence-corrected chi connectivity index (χ0v) is 22.7. The maximum absolute atomic E-state index is 13.1. The van der Waals surface area contributed by atoms with Crippen LogP contribution in [0.4, 0.5) is 5.00 Å². The lowest BCUT2D eigenvalue weighted by Crippen LogP contribution is -2.37. The third-order valence-electron chi connectivity index (χ3n) is 6.72. The molecule has 6 rings (SSSR count). The van der Waals surface area contributed by atoms with Crippen molar-refractivity contribution in [3.05, 3.63) is 82.3 Å². The van der Waals surface area contributed by atoms with Crippen molar-refractivity contribution in [2.24, 2.45) is 7.05 Å². The van der Waals surface area contributed by atoms with E-state index in [4.69, 9.17) is 0 Å². The Balaban J connectivity index is 1.07. The summed E-state index contributed by atoms with van der Waals surface area (Å²) in [7, 11) is 1.87. The lowest BCUT2D eigenvalue weighted by molar-refractivity contribution is 0.0950. The van der Waals surface area contributed by atoms with Crippen LogP contribution in [0.3, 0.4) is 0 Å². The van der Waals surface area contributed by atoms with E-state index >= 15 is 0 Å². The number of carbonyl (C=O) groups excluding carboxylic acids is 2. The van der Waals surface area contributed by atoms with Crippen LogP contribution in [0.25, 0.3) is 15.3 Å². The van der Waals surface area contributed by atoms with Crippen LogP contribution in [0.1, 0.15) is 36.7 Å². The molecule has 2 amide bonds. The monoisotopic (exact) mass is 545 g/mol. The molecule has 0 unspecified atom stereocenters. The molecule has 11 heteroatoms. The van der Waals surface area contributed by atoms with Gasteiger partial charge in [-0.25, -0.2) is 4.52 Å². The molecule has 0 saturated heterocycles. The molecule has 0 saturated carbocycles. The van der Waals surface area contributed by atoms with Crippen LogP contribution in [-0.2, 0) is 20.0 Å². The van der Waals surface area contributed by atoms with Gasteiger partial charge >= 0.3 is 0 Å². The number of benzene rings is 1. The fraction of sp³-hybridized carbons (Fsp3) is 0.259. The van der Waals surface area contributed by atoms with E-state index in [-0.39, 0.29) is 11.8 Å². The molecule has 0 bridgehead atoms. The predicted octanol–water partition coefficient (Wildman–Crippen LogP) is 4.21. The van der Waals surface area contributed by atoms with Crippen molar-refractivity contribution < 1.29 is 9.59 Å². The van der Waals surface area contributed by atoms with E-state index < -0.39 is 0 Å². The minimum absolute atomic E-state index is 0.122. The molecule has 0 fully saturated rings. The second-order valence-electron chi connectivity index (χ2n) is 9.43. The molecule has 1 aliphatic heterocycles. The zero-order chi connectivity index (χ0) is 26.2. The third-order valence-corrected chi connectivity index (χ3v) is 9.03. The molecule has 194 valence electrons. The number of hydrogen-bond acceptors (Lipinski definition) is 7. The Hall–Kier alpha value is -3.80. The average molecular weight is 546 g/mol. The number of fused-ring (bicyclic) bond motifs is 2. The highest BCUT2D eigenvalue weighted by Gasteiger charge is 2.20. The van der Waals surface area contributed by atoms with Gasteiger partial charge in [-0.15, -0.1) is 22.7 Å². The number of hydrogen-bond donors (Lipinski definition) is 2. The van der Waals surface area contributed by atoms with Crippen molar-refractivity contribution >= 4 is 44.3 Å². The molecule has 0 aliphatic carbocycles. The van der Waals surface area contributed by atoms with Crippen molar-refractivity contribution in [3.63, 3.8) is 0 Å². The third kappa shape index (κ3) is 4.87. The summed E-state index contributed by atoms with van der Waals surface area (Å²) in [5.74, 6) is -0.370. The minimum atomic E-state index is -0.248. The van der Waals surface area contributed by atoms with E-state index in [1.807, 2.05) is 32.4 Å². The number of thiazole rings is 1. The number of thiophene rings is 1. The van der Waals surface area contributed by atoms with Gasteiger partial charge in [0.05, 0.1) is 32.7 Å². The van der Waals surface area contributed by atoms with Gasteiger partial charge in [0, 0.05) is 51.2 Å². The largest absolute Gasteiger partial charge is 0.350 e. The SMILES string of the molecule is Cc1cc(C(=O)NCCN2CCc3ccccc3C2)sc1NC(=O)c1cnn2cc(-c3cnn(C)c3)sc12. The number of anilines is 1. The van der Waals surface area contributed by atoms with E-state index in [1.165, 1.54) is 33.8 Å². The summed E-state index contributed by atoms with van der Waals surface area (Å²) in [6.45, 7) is 5.18. The van der Waals surface area contributed by atoms with Crippen LogP contribution in [0.2, 0.25) is 0 Å². The number of amides is 2. The molecule has 0 spiro atoms. The molecule has 9 nitrogen and oxygen atoms in total. The van der Waals surface area contributed by atoms with Gasteiger partial charge < -0.3 is 10.6 Å².